The Morgan fingerprint density at radius 2 is 1.84 bits per heavy atom. The first-order chi connectivity index (χ1) is 15.5. The fourth-order valence-electron chi connectivity index (χ4n) is 3.74. The average molecular weight is 433 g/mol. The first-order valence-electron chi connectivity index (χ1n) is 9.92. The predicted molar refractivity (Wildman–Crippen MR) is 114 cm³/mol. The van der Waals surface area contributed by atoms with Gasteiger partial charge in [0, 0.05) is 30.4 Å². The number of benzene rings is 2. The first kappa shape index (κ1) is 19.7. The van der Waals surface area contributed by atoms with Crippen molar-refractivity contribution < 1.29 is 13.6 Å². The van der Waals surface area contributed by atoms with Crippen LogP contribution in [0.5, 0.6) is 0 Å². The molecule has 2 aromatic carbocycles. The fraction of sp³-hybridized carbons (Fsp3) is 0.136. The monoisotopic (exact) mass is 433 g/mol. The van der Waals surface area contributed by atoms with E-state index in [1.54, 1.807) is 17.2 Å². The Labute approximate surface area is 181 Å². The van der Waals surface area contributed by atoms with Crippen LogP contribution in [-0.2, 0) is 4.79 Å². The SMILES string of the molecule is Nc1ncc(-c2ccc(N3CCCC3=O)cc2)cc1-c1nnnn1-c1cccc(F)c1F. The molecule has 32 heavy (non-hydrogen) atoms. The van der Waals surface area contributed by atoms with Crippen molar-refractivity contribution >= 4 is 17.4 Å². The number of nitrogens with two attached hydrogens (primary N) is 1. The Morgan fingerprint density at radius 3 is 2.59 bits per heavy atom. The average Bonchev–Trinajstić information content (AvgIpc) is 3.45. The molecule has 10 heteroatoms. The van der Waals surface area contributed by atoms with Crippen LogP contribution in [0.4, 0.5) is 20.3 Å². The van der Waals surface area contributed by atoms with E-state index in [0.717, 1.165) is 34.0 Å². The number of rotatable bonds is 4. The molecule has 2 N–H and O–H groups in total. The maximum atomic E-state index is 14.3. The van der Waals surface area contributed by atoms with Crippen LogP contribution in [0, 0.1) is 11.6 Å². The molecule has 2 aromatic heterocycles. The summed E-state index contributed by atoms with van der Waals surface area (Å²) in [6.07, 6.45) is 3.02. The summed E-state index contributed by atoms with van der Waals surface area (Å²) in [5.74, 6) is -1.71. The van der Waals surface area contributed by atoms with Crippen molar-refractivity contribution in [3.63, 3.8) is 0 Å². The van der Waals surface area contributed by atoms with Gasteiger partial charge in [0.2, 0.25) is 5.91 Å². The molecule has 0 unspecified atom stereocenters. The molecule has 0 bridgehead atoms. The van der Waals surface area contributed by atoms with Crippen molar-refractivity contribution in [2.45, 2.75) is 12.8 Å². The van der Waals surface area contributed by atoms with Crippen molar-refractivity contribution in [2.24, 2.45) is 0 Å². The van der Waals surface area contributed by atoms with Crippen LogP contribution in [-0.4, -0.2) is 37.6 Å². The summed E-state index contributed by atoms with van der Waals surface area (Å²) in [6.45, 7) is 0.713. The minimum Gasteiger partial charge on any atom is -0.383 e. The van der Waals surface area contributed by atoms with Gasteiger partial charge in [-0.2, -0.15) is 4.68 Å². The lowest BCUT2D eigenvalue weighted by molar-refractivity contribution is -0.117. The number of carbonyl (C=O) groups is 1. The molecule has 1 fully saturated rings. The Balaban J connectivity index is 1.53. The molecule has 0 atom stereocenters. The third-order valence-corrected chi connectivity index (χ3v) is 5.37. The number of pyridine rings is 1. The van der Waals surface area contributed by atoms with E-state index in [2.05, 4.69) is 20.5 Å². The summed E-state index contributed by atoms with van der Waals surface area (Å²) in [7, 11) is 0. The van der Waals surface area contributed by atoms with Gasteiger partial charge in [0.05, 0.1) is 5.56 Å². The van der Waals surface area contributed by atoms with Gasteiger partial charge in [0.25, 0.3) is 0 Å². The predicted octanol–water partition coefficient (Wildman–Crippen LogP) is 3.38. The minimum absolute atomic E-state index is 0.116. The molecule has 160 valence electrons. The van der Waals surface area contributed by atoms with Gasteiger partial charge >= 0.3 is 0 Å². The standard InChI is InChI=1S/C22H17F2N7O/c23-17-3-1-4-18(20(17)24)31-22(27-28-29-31)16-11-14(12-26-21(16)25)13-6-8-15(9-7-13)30-10-2-5-19(30)32/h1,3-4,6-9,11-12H,2,5,10H2,(H2,25,26). The number of nitrogens with zero attached hydrogens (tertiary/aromatic N) is 6. The van der Waals surface area contributed by atoms with E-state index in [4.69, 9.17) is 5.73 Å². The first-order valence-corrected chi connectivity index (χ1v) is 9.92. The van der Waals surface area contributed by atoms with E-state index in [9.17, 15) is 13.6 Å². The summed E-state index contributed by atoms with van der Waals surface area (Å²) in [6, 6.07) is 13.0. The molecule has 0 radical (unpaired) electrons. The second-order valence-corrected chi connectivity index (χ2v) is 7.34. The van der Waals surface area contributed by atoms with Crippen LogP contribution in [0.15, 0.2) is 54.7 Å². The Morgan fingerprint density at radius 1 is 1.03 bits per heavy atom. The third-order valence-electron chi connectivity index (χ3n) is 5.37. The molecule has 8 nitrogen and oxygen atoms in total. The maximum absolute atomic E-state index is 14.3. The summed E-state index contributed by atoms with van der Waals surface area (Å²) in [5, 5.41) is 11.4. The maximum Gasteiger partial charge on any atom is 0.227 e. The number of nitrogen functional groups attached to an aromatic ring is 1. The Bertz CT molecular complexity index is 1320. The van der Waals surface area contributed by atoms with E-state index in [1.807, 2.05) is 24.3 Å². The van der Waals surface area contributed by atoms with Gasteiger partial charge in [-0.05, 0) is 52.7 Å². The molecule has 1 amide bonds. The molecule has 0 spiro atoms. The molecular weight excluding hydrogens is 416 g/mol. The molecule has 5 rings (SSSR count). The highest BCUT2D eigenvalue weighted by molar-refractivity contribution is 5.95. The molecule has 3 heterocycles. The molecule has 1 aliphatic heterocycles. The van der Waals surface area contributed by atoms with Crippen LogP contribution in [0.25, 0.3) is 28.2 Å². The zero-order valence-corrected chi connectivity index (χ0v) is 16.7. The lowest BCUT2D eigenvalue weighted by Crippen LogP contribution is -2.23. The number of carbonyl (C=O) groups excluding carboxylic acids is 1. The van der Waals surface area contributed by atoms with Gasteiger partial charge < -0.3 is 10.6 Å². The zero-order valence-electron chi connectivity index (χ0n) is 16.7. The van der Waals surface area contributed by atoms with Gasteiger partial charge in [-0.3, -0.25) is 4.79 Å². The summed E-state index contributed by atoms with van der Waals surface area (Å²) < 4.78 is 29.1. The van der Waals surface area contributed by atoms with Crippen molar-refractivity contribution in [1.82, 2.24) is 25.2 Å². The molecular formula is C22H17F2N7O. The fourth-order valence-corrected chi connectivity index (χ4v) is 3.74. The Kier molecular flexibility index (Phi) is 4.81. The highest BCUT2D eigenvalue weighted by Crippen LogP contribution is 2.31. The number of hydrogen-bond donors (Lipinski definition) is 1. The zero-order chi connectivity index (χ0) is 22.2. The normalized spacial score (nSPS) is 13.7. The lowest BCUT2D eigenvalue weighted by atomic mass is 10.0. The quantitative estimate of drug-likeness (QED) is 0.529. The number of aromatic nitrogens is 5. The number of amides is 1. The van der Waals surface area contributed by atoms with Gasteiger partial charge in [-0.25, -0.2) is 13.8 Å². The van der Waals surface area contributed by atoms with Crippen molar-refractivity contribution in [3.8, 4) is 28.2 Å². The van der Waals surface area contributed by atoms with Gasteiger partial charge in [-0.15, -0.1) is 5.10 Å². The number of anilines is 2. The molecule has 1 saturated heterocycles. The number of tetrazole rings is 1. The van der Waals surface area contributed by atoms with E-state index in [1.165, 1.54) is 12.1 Å². The third kappa shape index (κ3) is 3.35. The highest BCUT2D eigenvalue weighted by Gasteiger charge is 2.22. The molecule has 1 aliphatic rings. The number of hydrogen-bond acceptors (Lipinski definition) is 6. The van der Waals surface area contributed by atoms with Crippen molar-refractivity contribution in [3.05, 3.63) is 66.4 Å². The van der Waals surface area contributed by atoms with Crippen LogP contribution in [0.3, 0.4) is 0 Å². The molecule has 4 aromatic rings. The summed E-state index contributed by atoms with van der Waals surface area (Å²) in [4.78, 5) is 18.0. The van der Waals surface area contributed by atoms with Crippen LogP contribution in [0.1, 0.15) is 12.8 Å². The lowest BCUT2D eigenvalue weighted by Gasteiger charge is -2.16. The van der Waals surface area contributed by atoms with Gasteiger partial charge in [0.1, 0.15) is 11.5 Å². The Hall–Kier alpha value is -4.21. The van der Waals surface area contributed by atoms with E-state index in [-0.39, 0.29) is 23.2 Å². The largest absolute Gasteiger partial charge is 0.383 e. The molecule has 0 saturated carbocycles. The molecule has 0 aliphatic carbocycles. The smallest absolute Gasteiger partial charge is 0.227 e. The van der Waals surface area contributed by atoms with E-state index >= 15 is 0 Å². The van der Waals surface area contributed by atoms with Crippen LogP contribution < -0.4 is 10.6 Å². The van der Waals surface area contributed by atoms with Crippen LogP contribution in [0.2, 0.25) is 0 Å². The topological polar surface area (TPSA) is 103 Å². The second-order valence-electron chi connectivity index (χ2n) is 7.34. The van der Waals surface area contributed by atoms with Crippen LogP contribution >= 0.6 is 0 Å². The van der Waals surface area contributed by atoms with E-state index < -0.39 is 11.6 Å². The number of halogens is 2. The minimum atomic E-state index is -1.07. The van der Waals surface area contributed by atoms with Gasteiger partial charge in [0.15, 0.2) is 17.5 Å². The summed E-state index contributed by atoms with van der Waals surface area (Å²) in [5.41, 5.74) is 8.69. The van der Waals surface area contributed by atoms with Gasteiger partial charge in [-0.1, -0.05) is 18.2 Å². The second kappa shape index (κ2) is 7.80. The highest BCUT2D eigenvalue weighted by atomic mass is 19.2. The van der Waals surface area contributed by atoms with Crippen molar-refractivity contribution in [2.75, 3.05) is 17.2 Å². The van der Waals surface area contributed by atoms with Crippen molar-refractivity contribution in [1.29, 1.82) is 0 Å². The summed E-state index contributed by atoms with van der Waals surface area (Å²) >= 11 is 0. The van der Waals surface area contributed by atoms with E-state index in [0.29, 0.717) is 18.5 Å².